The summed E-state index contributed by atoms with van der Waals surface area (Å²) in [4.78, 5) is 24.8. The highest BCUT2D eigenvalue weighted by atomic mass is 16.5. The number of rotatable bonds is 5. The lowest BCUT2D eigenvalue weighted by Gasteiger charge is -2.20. The summed E-state index contributed by atoms with van der Waals surface area (Å²) in [5, 5.41) is 0. The zero-order valence-electron chi connectivity index (χ0n) is 14.3. The van der Waals surface area contributed by atoms with Gasteiger partial charge in [0.05, 0.1) is 5.56 Å². The second-order valence-electron chi connectivity index (χ2n) is 4.85. The molecule has 5 nitrogen and oxygen atoms in total. The Hall–Kier alpha value is -2.04. The van der Waals surface area contributed by atoms with Gasteiger partial charge in [-0.05, 0) is 32.4 Å². The van der Waals surface area contributed by atoms with E-state index in [4.69, 9.17) is 10.5 Å². The Kier molecular flexibility index (Phi) is 9.67. The van der Waals surface area contributed by atoms with E-state index in [1.54, 1.807) is 30.0 Å². The van der Waals surface area contributed by atoms with Gasteiger partial charge in [0.25, 0.3) is 5.91 Å². The molecule has 0 saturated heterocycles. The van der Waals surface area contributed by atoms with E-state index < -0.39 is 6.09 Å². The lowest BCUT2D eigenvalue weighted by atomic mass is 10.1. The number of para-hydroxylation sites is 1. The number of unbranched alkanes of at least 4 members (excludes halogenated alkanes) is 1. The van der Waals surface area contributed by atoms with E-state index in [0.29, 0.717) is 24.2 Å². The van der Waals surface area contributed by atoms with Crippen LogP contribution < -0.4 is 10.5 Å². The van der Waals surface area contributed by atoms with Crippen molar-refractivity contribution in [1.29, 1.82) is 0 Å². The molecule has 1 rings (SSSR count). The van der Waals surface area contributed by atoms with E-state index in [9.17, 15) is 9.59 Å². The zero-order chi connectivity index (χ0) is 17.1. The van der Waals surface area contributed by atoms with Gasteiger partial charge in [-0.2, -0.15) is 0 Å². The molecule has 0 saturated carbocycles. The molecular weight excluding hydrogens is 280 g/mol. The number of carbonyl (C=O) groups is 2. The summed E-state index contributed by atoms with van der Waals surface area (Å²) < 4.78 is 4.93. The maximum absolute atomic E-state index is 12.3. The lowest BCUT2D eigenvalue weighted by molar-refractivity contribution is 0.0770. The number of carbonyl (C=O) groups excluding carboxylic acids is 2. The third-order valence-corrected chi connectivity index (χ3v) is 3.20. The third kappa shape index (κ3) is 6.16. The van der Waals surface area contributed by atoms with Crippen LogP contribution in [0.15, 0.2) is 18.2 Å². The van der Waals surface area contributed by atoms with Gasteiger partial charge in [0.1, 0.15) is 5.75 Å². The third-order valence-electron chi connectivity index (χ3n) is 3.20. The fourth-order valence-electron chi connectivity index (χ4n) is 1.74. The highest BCUT2D eigenvalue weighted by Crippen LogP contribution is 2.24. The van der Waals surface area contributed by atoms with Crippen molar-refractivity contribution in [2.24, 2.45) is 5.73 Å². The Morgan fingerprint density at radius 2 is 1.64 bits per heavy atom. The van der Waals surface area contributed by atoms with Crippen LogP contribution in [0.1, 0.15) is 56.5 Å². The minimum Gasteiger partial charge on any atom is -0.409 e. The Morgan fingerprint density at radius 3 is 2.05 bits per heavy atom. The zero-order valence-corrected chi connectivity index (χ0v) is 14.3. The fraction of sp³-hybridized carbons (Fsp3) is 0.529. The molecule has 2 amide bonds. The fourth-order valence-corrected chi connectivity index (χ4v) is 1.74. The van der Waals surface area contributed by atoms with E-state index in [2.05, 4.69) is 13.8 Å². The molecule has 0 aliphatic rings. The second-order valence-corrected chi connectivity index (χ2v) is 4.85. The number of nitrogens with two attached hydrogens (primary N) is 1. The van der Waals surface area contributed by atoms with E-state index in [0.717, 1.165) is 0 Å². The smallest absolute Gasteiger partial charge is 0.409 e. The number of benzene rings is 1. The van der Waals surface area contributed by atoms with Gasteiger partial charge in [0.15, 0.2) is 0 Å². The summed E-state index contributed by atoms with van der Waals surface area (Å²) in [6.07, 6.45) is 1.72. The van der Waals surface area contributed by atoms with Crippen LogP contribution in [0.5, 0.6) is 5.75 Å². The number of amides is 2. The number of hydrogen-bond donors (Lipinski definition) is 1. The normalized spacial score (nSPS) is 9.50. The van der Waals surface area contributed by atoms with Crippen LogP contribution in [0, 0.1) is 6.92 Å². The minimum atomic E-state index is -0.919. The van der Waals surface area contributed by atoms with Crippen LogP contribution in [-0.4, -0.2) is 30.0 Å². The molecule has 0 aliphatic carbocycles. The van der Waals surface area contributed by atoms with Crippen molar-refractivity contribution >= 4 is 12.0 Å². The van der Waals surface area contributed by atoms with Crippen LogP contribution >= 0.6 is 0 Å². The maximum atomic E-state index is 12.3. The molecule has 5 heteroatoms. The molecule has 0 spiro atoms. The summed E-state index contributed by atoms with van der Waals surface area (Å²) in [5.41, 5.74) is 6.08. The number of aryl methyl sites for hydroxylation is 1. The number of hydrogen-bond acceptors (Lipinski definition) is 3. The Bertz CT molecular complexity index is 481. The molecule has 124 valence electrons. The van der Waals surface area contributed by atoms with Crippen molar-refractivity contribution < 1.29 is 14.3 Å². The summed E-state index contributed by atoms with van der Waals surface area (Å²) in [6, 6.07) is 5.14. The van der Waals surface area contributed by atoms with Gasteiger partial charge < -0.3 is 15.4 Å². The first-order valence-electron chi connectivity index (χ1n) is 7.78. The molecule has 0 atom stereocenters. The van der Waals surface area contributed by atoms with Crippen LogP contribution in [0.4, 0.5) is 4.79 Å². The molecule has 0 bridgehead atoms. The monoisotopic (exact) mass is 308 g/mol. The molecule has 0 fully saturated rings. The molecule has 0 heterocycles. The van der Waals surface area contributed by atoms with Crippen LogP contribution in [0.3, 0.4) is 0 Å². The largest absolute Gasteiger partial charge is 0.409 e. The number of nitrogens with zero attached hydrogens (tertiary/aromatic N) is 1. The van der Waals surface area contributed by atoms with Gasteiger partial charge in [-0.15, -0.1) is 0 Å². The standard InChI is InChI=1S/C13H18N2O3.C4H10/c1-4-15(5-2)12(16)10-8-6-7-9(3)11(10)18-13(14)17;1-3-4-2/h6-8H,4-5H2,1-3H3,(H2,14,17);3-4H2,1-2H3. The van der Waals surface area contributed by atoms with Gasteiger partial charge in [-0.3, -0.25) is 4.79 Å². The molecule has 0 aliphatic heterocycles. The summed E-state index contributed by atoms with van der Waals surface area (Å²) >= 11 is 0. The number of ether oxygens (including phenoxy) is 1. The summed E-state index contributed by atoms with van der Waals surface area (Å²) in [6.45, 7) is 11.1. The first kappa shape index (κ1) is 20.0. The van der Waals surface area contributed by atoms with Crippen molar-refractivity contribution in [2.45, 2.75) is 47.5 Å². The van der Waals surface area contributed by atoms with Crippen LogP contribution in [-0.2, 0) is 0 Å². The van der Waals surface area contributed by atoms with Gasteiger partial charge in [0, 0.05) is 13.1 Å². The van der Waals surface area contributed by atoms with Gasteiger partial charge in [-0.25, -0.2) is 4.79 Å². The SMILES string of the molecule is CCCC.CCN(CC)C(=O)c1cccc(C)c1OC(N)=O. The average molecular weight is 308 g/mol. The molecule has 0 unspecified atom stereocenters. The van der Waals surface area contributed by atoms with Crippen molar-refractivity contribution in [3.05, 3.63) is 29.3 Å². The molecule has 2 N–H and O–H groups in total. The first-order valence-corrected chi connectivity index (χ1v) is 7.78. The maximum Gasteiger partial charge on any atom is 0.409 e. The Labute approximate surface area is 133 Å². The molecule has 0 radical (unpaired) electrons. The number of primary amides is 1. The molecule has 1 aromatic rings. The second kappa shape index (κ2) is 10.7. The molecular formula is C17H28N2O3. The Morgan fingerprint density at radius 1 is 1.09 bits per heavy atom. The molecule has 1 aromatic carbocycles. The van der Waals surface area contributed by atoms with Gasteiger partial charge in [-0.1, -0.05) is 38.8 Å². The summed E-state index contributed by atoms with van der Waals surface area (Å²) in [5.74, 6) is 0.0712. The Balaban J connectivity index is 0.000000980. The van der Waals surface area contributed by atoms with Gasteiger partial charge >= 0.3 is 6.09 Å². The van der Waals surface area contributed by atoms with Crippen LogP contribution in [0.2, 0.25) is 0 Å². The topological polar surface area (TPSA) is 72.6 Å². The van der Waals surface area contributed by atoms with E-state index >= 15 is 0 Å². The minimum absolute atomic E-state index is 0.167. The highest BCUT2D eigenvalue weighted by Gasteiger charge is 2.19. The predicted octanol–water partition coefficient (Wildman–Crippen LogP) is 3.74. The van der Waals surface area contributed by atoms with Crippen molar-refractivity contribution in [3.8, 4) is 5.75 Å². The van der Waals surface area contributed by atoms with E-state index in [-0.39, 0.29) is 11.7 Å². The van der Waals surface area contributed by atoms with E-state index in [1.165, 1.54) is 12.8 Å². The quantitative estimate of drug-likeness (QED) is 0.900. The van der Waals surface area contributed by atoms with Crippen molar-refractivity contribution in [1.82, 2.24) is 4.90 Å². The van der Waals surface area contributed by atoms with Crippen LogP contribution in [0.25, 0.3) is 0 Å². The van der Waals surface area contributed by atoms with Gasteiger partial charge in [0.2, 0.25) is 0 Å². The van der Waals surface area contributed by atoms with Crippen molar-refractivity contribution in [2.75, 3.05) is 13.1 Å². The lowest BCUT2D eigenvalue weighted by Crippen LogP contribution is -2.31. The molecule has 22 heavy (non-hydrogen) atoms. The first-order chi connectivity index (χ1) is 10.4. The molecule has 0 aromatic heterocycles. The highest BCUT2D eigenvalue weighted by molar-refractivity contribution is 5.98. The average Bonchev–Trinajstić information content (AvgIpc) is 2.50. The predicted molar refractivity (Wildman–Crippen MR) is 89.2 cm³/mol. The van der Waals surface area contributed by atoms with E-state index in [1.807, 2.05) is 13.8 Å². The van der Waals surface area contributed by atoms with Crippen molar-refractivity contribution in [3.63, 3.8) is 0 Å². The summed E-state index contributed by atoms with van der Waals surface area (Å²) in [7, 11) is 0.